The molecule has 0 aliphatic heterocycles. The Kier molecular flexibility index (Phi) is 4.13. The van der Waals surface area contributed by atoms with Crippen LogP contribution < -0.4 is 11.3 Å². The lowest BCUT2D eigenvalue weighted by Crippen LogP contribution is -2.32. The summed E-state index contributed by atoms with van der Waals surface area (Å²) in [4.78, 5) is 41.3. The van der Waals surface area contributed by atoms with Crippen LogP contribution in [-0.2, 0) is 9.59 Å². The Bertz CT molecular complexity index is 826. The highest BCUT2D eigenvalue weighted by molar-refractivity contribution is 7.71. The highest BCUT2D eigenvalue weighted by Gasteiger charge is 2.23. The molecular formula is C12H12N4O4S. The van der Waals surface area contributed by atoms with Gasteiger partial charge >= 0.3 is 5.97 Å². The first-order chi connectivity index (χ1) is 9.91. The van der Waals surface area contributed by atoms with Gasteiger partial charge in [-0.3, -0.25) is 14.2 Å². The Morgan fingerprint density at radius 3 is 2.86 bits per heavy atom. The van der Waals surface area contributed by atoms with Gasteiger partial charge in [0.15, 0.2) is 10.3 Å². The predicted octanol–water partition coefficient (Wildman–Crippen LogP) is 0.345. The topological polar surface area (TPSA) is 131 Å². The lowest BCUT2D eigenvalue weighted by atomic mass is 10.1. The number of hydrogen-bond acceptors (Lipinski definition) is 5. The van der Waals surface area contributed by atoms with Crippen LogP contribution >= 0.6 is 12.2 Å². The van der Waals surface area contributed by atoms with Crippen molar-refractivity contribution in [2.75, 3.05) is 0 Å². The summed E-state index contributed by atoms with van der Waals surface area (Å²) in [5.74, 6) is -1.92. The number of pyridine rings is 1. The smallest absolute Gasteiger partial charge is 0.326 e. The zero-order chi connectivity index (χ0) is 15.6. The molecule has 2 heterocycles. The summed E-state index contributed by atoms with van der Waals surface area (Å²) in [7, 11) is 0. The van der Waals surface area contributed by atoms with E-state index in [4.69, 9.17) is 18.0 Å². The number of carboxylic acids is 1. The number of aliphatic carboxylic acids is 1. The van der Waals surface area contributed by atoms with Gasteiger partial charge in [0.1, 0.15) is 6.04 Å². The molecule has 0 radical (unpaired) electrons. The van der Waals surface area contributed by atoms with Gasteiger partial charge < -0.3 is 15.8 Å². The van der Waals surface area contributed by atoms with Crippen molar-refractivity contribution in [2.45, 2.75) is 18.9 Å². The Morgan fingerprint density at radius 2 is 2.24 bits per heavy atom. The highest BCUT2D eigenvalue weighted by Crippen LogP contribution is 2.14. The molecule has 4 N–H and O–H groups in total. The van der Waals surface area contributed by atoms with Gasteiger partial charge in [0.2, 0.25) is 5.91 Å². The van der Waals surface area contributed by atoms with Crippen molar-refractivity contribution >= 4 is 35.1 Å². The molecule has 8 nitrogen and oxygen atoms in total. The monoisotopic (exact) mass is 308 g/mol. The number of amides is 1. The molecule has 0 aromatic carbocycles. The van der Waals surface area contributed by atoms with E-state index in [-0.39, 0.29) is 23.1 Å². The minimum atomic E-state index is -1.28. The van der Waals surface area contributed by atoms with Crippen LogP contribution in [0.3, 0.4) is 0 Å². The second-order valence-corrected chi connectivity index (χ2v) is 4.75. The van der Waals surface area contributed by atoms with Gasteiger partial charge in [-0.15, -0.1) is 0 Å². The van der Waals surface area contributed by atoms with Crippen LogP contribution in [0.4, 0.5) is 0 Å². The van der Waals surface area contributed by atoms with Crippen molar-refractivity contribution in [3.8, 4) is 0 Å². The summed E-state index contributed by atoms with van der Waals surface area (Å²) in [6.07, 6.45) is 1.13. The van der Waals surface area contributed by atoms with E-state index in [0.29, 0.717) is 5.52 Å². The predicted molar refractivity (Wildman–Crippen MR) is 76.3 cm³/mol. The maximum Gasteiger partial charge on any atom is 0.326 e. The molecule has 0 aliphatic rings. The number of fused-ring (bicyclic) bond motifs is 1. The van der Waals surface area contributed by atoms with E-state index in [2.05, 4.69) is 9.97 Å². The molecule has 9 heteroatoms. The van der Waals surface area contributed by atoms with Crippen molar-refractivity contribution in [1.82, 2.24) is 14.5 Å². The molecule has 2 aromatic heterocycles. The van der Waals surface area contributed by atoms with E-state index in [0.717, 1.165) is 4.57 Å². The maximum absolute atomic E-state index is 12.4. The molecule has 0 bridgehead atoms. The zero-order valence-electron chi connectivity index (χ0n) is 10.8. The molecule has 2 rings (SSSR count). The summed E-state index contributed by atoms with van der Waals surface area (Å²) in [5.41, 5.74) is 4.90. The van der Waals surface area contributed by atoms with Gasteiger partial charge in [-0.2, -0.15) is 0 Å². The van der Waals surface area contributed by atoms with E-state index >= 15 is 0 Å². The number of aromatic nitrogens is 3. The molecule has 1 atom stereocenters. The second kappa shape index (κ2) is 5.83. The van der Waals surface area contributed by atoms with Gasteiger partial charge in [-0.1, -0.05) is 0 Å². The number of nitrogens with one attached hydrogen (secondary N) is 1. The second-order valence-electron chi connectivity index (χ2n) is 4.36. The lowest BCUT2D eigenvalue weighted by Gasteiger charge is -2.15. The van der Waals surface area contributed by atoms with Crippen LogP contribution in [0.25, 0.3) is 11.0 Å². The molecule has 0 fully saturated rings. The first-order valence-corrected chi connectivity index (χ1v) is 6.43. The first kappa shape index (κ1) is 14.9. The minimum absolute atomic E-state index is 0.0441. The molecule has 1 amide bonds. The van der Waals surface area contributed by atoms with Crippen molar-refractivity contribution in [2.24, 2.45) is 5.73 Å². The van der Waals surface area contributed by atoms with Gasteiger partial charge in [0.05, 0.1) is 5.52 Å². The largest absolute Gasteiger partial charge is 0.480 e. The van der Waals surface area contributed by atoms with E-state index < -0.39 is 23.5 Å². The van der Waals surface area contributed by atoms with Crippen LogP contribution in [-0.4, -0.2) is 31.5 Å². The lowest BCUT2D eigenvalue weighted by molar-refractivity contribution is -0.141. The van der Waals surface area contributed by atoms with Gasteiger partial charge in [0.25, 0.3) is 5.56 Å². The van der Waals surface area contributed by atoms with E-state index in [1.807, 2.05) is 0 Å². The molecule has 2 aromatic rings. The van der Waals surface area contributed by atoms with Crippen molar-refractivity contribution < 1.29 is 14.7 Å². The zero-order valence-corrected chi connectivity index (χ0v) is 11.6. The minimum Gasteiger partial charge on any atom is -0.480 e. The SMILES string of the molecule is NC(=O)CC[C@@H](C(=O)O)n1c(=S)[nH]c2cccnc2c1=O. The number of carbonyl (C=O) groups excluding carboxylic acids is 1. The fraction of sp³-hybridized carbons (Fsp3) is 0.250. The van der Waals surface area contributed by atoms with Gasteiger partial charge in [0, 0.05) is 12.6 Å². The first-order valence-electron chi connectivity index (χ1n) is 6.02. The van der Waals surface area contributed by atoms with Gasteiger partial charge in [-0.25, -0.2) is 9.78 Å². The molecule has 0 spiro atoms. The Hall–Kier alpha value is -2.55. The van der Waals surface area contributed by atoms with Crippen molar-refractivity contribution in [1.29, 1.82) is 0 Å². The van der Waals surface area contributed by atoms with E-state index in [9.17, 15) is 19.5 Å². The van der Waals surface area contributed by atoms with Gasteiger partial charge in [-0.05, 0) is 30.8 Å². The van der Waals surface area contributed by atoms with Crippen LogP contribution in [0.15, 0.2) is 23.1 Å². The van der Waals surface area contributed by atoms with Crippen LogP contribution in [0.1, 0.15) is 18.9 Å². The number of H-pyrrole nitrogens is 1. The molecule has 0 saturated carbocycles. The number of nitrogens with zero attached hydrogens (tertiary/aromatic N) is 2. The molecule has 0 saturated heterocycles. The number of carboxylic acid groups (broad SMARTS) is 1. The van der Waals surface area contributed by atoms with Crippen molar-refractivity contribution in [3.05, 3.63) is 33.5 Å². The Labute approximate surface area is 123 Å². The third-order valence-electron chi connectivity index (χ3n) is 2.95. The quantitative estimate of drug-likeness (QED) is 0.683. The maximum atomic E-state index is 12.4. The molecule has 0 aliphatic carbocycles. The molecule has 0 unspecified atom stereocenters. The van der Waals surface area contributed by atoms with Crippen molar-refractivity contribution in [3.63, 3.8) is 0 Å². The number of aromatic amines is 1. The number of primary amides is 1. The third kappa shape index (κ3) is 2.97. The summed E-state index contributed by atoms with van der Waals surface area (Å²) in [5, 5.41) is 9.27. The molecule has 21 heavy (non-hydrogen) atoms. The Morgan fingerprint density at radius 1 is 1.52 bits per heavy atom. The molecular weight excluding hydrogens is 296 g/mol. The van der Waals surface area contributed by atoms with Crippen LogP contribution in [0.2, 0.25) is 0 Å². The fourth-order valence-corrected chi connectivity index (χ4v) is 2.30. The van der Waals surface area contributed by atoms with Crippen LogP contribution in [0.5, 0.6) is 0 Å². The summed E-state index contributed by atoms with van der Waals surface area (Å²) < 4.78 is 0.869. The fourth-order valence-electron chi connectivity index (χ4n) is 1.98. The number of rotatable bonds is 5. The summed E-state index contributed by atoms with van der Waals surface area (Å²) in [6.45, 7) is 0. The molecule has 110 valence electrons. The standard InChI is InChI=1S/C12H12N4O4S/c13-8(17)4-3-7(11(19)20)16-10(18)9-6(15-12(16)21)2-1-5-14-9/h1-2,5,7H,3-4H2,(H2,13,17)(H,15,21)(H,19,20)/t7-/m0/s1. The number of nitrogens with two attached hydrogens (primary N) is 1. The third-order valence-corrected chi connectivity index (χ3v) is 3.25. The highest BCUT2D eigenvalue weighted by atomic mass is 32.1. The summed E-state index contributed by atoms with van der Waals surface area (Å²) >= 11 is 5.04. The van der Waals surface area contributed by atoms with Crippen LogP contribution in [0, 0.1) is 4.77 Å². The number of carbonyl (C=O) groups is 2. The number of hydrogen-bond donors (Lipinski definition) is 3. The Balaban J connectivity index is 2.62. The average molecular weight is 308 g/mol. The van der Waals surface area contributed by atoms with E-state index in [1.165, 1.54) is 6.20 Å². The summed E-state index contributed by atoms with van der Waals surface area (Å²) in [6, 6.07) is 1.96. The normalized spacial score (nSPS) is 12.2. The van der Waals surface area contributed by atoms with E-state index in [1.54, 1.807) is 12.1 Å². The average Bonchev–Trinajstić information content (AvgIpc) is 2.41.